The van der Waals surface area contributed by atoms with Gasteiger partial charge in [0.2, 0.25) is 5.91 Å². The van der Waals surface area contributed by atoms with E-state index in [1.165, 1.54) is 18.4 Å². The van der Waals surface area contributed by atoms with Gasteiger partial charge in [-0.15, -0.1) is 0 Å². The number of unbranched alkanes of at least 4 members (excludes halogenated alkanes) is 1. The summed E-state index contributed by atoms with van der Waals surface area (Å²) < 4.78 is 0. The van der Waals surface area contributed by atoms with Crippen molar-refractivity contribution in [3.05, 3.63) is 29.8 Å². The molecule has 0 bridgehead atoms. The molecule has 1 aliphatic heterocycles. The Morgan fingerprint density at radius 3 is 2.68 bits per heavy atom. The van der Waals surface area contributed by atoms with Crippen molar-refractivity contribution in [1.29, 1.82) is 0 Å². The predicted octanol–water partition coefficient (Wildman–Crippen LogP) is 2.60. The van der Waals surface area contributed by atoms with Crippen LogP contribution >= 0.6 is 0 Å². The van der Waals surface area contributed by atoms with Crippen molar-refractivity contribution >= 4 is 11.6 Å². The summed E-state index contributed by atoms with van der Waals surface area (Å²) >= 11 is 0. The van der Waals surface area contributed by atoms with Crippen LogP contribution in [-0.4, -0.2) is 26.0 Å². The highest BCUT2D eigenvalue weighted by atomic mass is 16.2. The molecule has 0 spiro atoms. The molecule has 3 heteroatoms. The highest BCUT2D eigenvalue weighted by Crippen LogP contribution is 2.19. The summed E-state index contributed by atoms with van der Waals surface area (Å²) in [5, 5.41) is 3.24. The van der Waals surface area contributed by atoms with Crippen LogP contribution in [0.3, 0.4) is 0 Å². The quantitative estimate of drug-likeness (QED) is 0.882. The van der Waals surface area contributed by atoms with E-state index in [2.05, 4.69) is 36.5 Å². The molecule has 0 radical (unpaired) electrons. The number of carbonyl (C=O) groups is 1. The Kier molecular flexibility index (Phi) is 4.97. The minimum absolute atomic E-state index is 0.143. The Morgan fingerprint density at radius 2 is 2.11 bits per heavy atom. The number of amides is 1. The van der Waals surface area contributed by atoms with Gasteiger partial charge in [0, 0.05) is 19.3 Å². The number of rotatable bonds is 5. The maximum absolute atomic E-state index is 12.3. The van der Waals surface area contributed by atoms with Gasteiger partial charge in [-0.3, -0.25) is 4.79 Å². The lowest BCUT2D eigenvalue weighted by molar-refractivity contribution is -0.121. The molecule has 104 valence electrons. The summed E-state index contributed by atoms with van der Waals surface area (Å²) in [6.07, 6.45) is 4.52. The summed E-state index contributed by atoms with van der Waals surface area (Å²) in [5.41, 5.74) is 2.35. The fraction of sp³-hybridized carbons (Fsp3) is 0.562. The normalized spacial score (nSPS) is 18.5. The number of nitrogens with one attached hydrogen (secondary N) is 1. The summed E-state index contributed by atoms with van der Waals surface area (Å²) in [5.74, 6) is 0.371. The predicted molar refractivity (Wildman–Crippen MR) is 79.4 cm³/mol. The second-order valence-corrected chi connectivity index (χ2v) is 5.36. The highest BCUT2D eigenvalue weighted by molar-refractivity contribution is 5.94. The number of hydrogen-bond donors (Lipinski definition) is 1. The molecule has 0 saturated carbocycles. The number of carbonyl (C=O) groups excluding carboxylic acids is 1. The van der Waals surface area contributed by atoms with Crippen LogP contribution in [0, 0.1) is 5.92 Å². The highest BCUT2D eigenvalue weighted by Gasteiger charge is 2.25. The molecule has 19 heavy (non-hydrogen) atoms. The second kappa shape index (κ2) is 6.71. The molecule has 1 aliphatic rings. The maximum Gasteiger partial charge on any atom is 0.231 e. The van der Waals surface area contributed by atoms with E-state index in [4.69, 9.17) is 0 Å². The van der Waals surface area contributed by atoms with Crippen LogP contribution in [0.1, 0.15) is 31.7 Å². The molecule has 1 amide bonds. The van der Waals surface area contributed by atoms with Gasteiger partial charge in [-0.1, -0.05) is 25.5 Å². The first kappa shape index (κ1) is 14.1. The number of hydrogen-bond acceptors (Lipinski definition) is 2. The molecule has 3 nitrogen and oxygen atoms in total. The summed E-state index contributed by atoms with van der Waals surface area (Å²) in [6, 6.07) is 8.40. The SMILES string of the molecule is CCCCc1ccc(N(C)C(=O)C2CCNC2)cc1. The number of benzene rings is 1. The van der Waals surface area contributed by atoms with Gasteiger partial charge in [0.05, 0.1) is 5.92 Å². The van der Waals surface area contributed by atoms with Gasteiger partial charge < -0.3 is 10.2 Å². The topological polar surface area (TPSA) is 32.3 Å². The Morgan fingerprint density at radius 1 is 1.37 bits per heavy atom. The van der Waals surface area contributed by atoms with Gasteiger partial charge in [-0.05, 0) is 43.5 Å². The van der Waals surface area contributed by atoms with Crippen molar-refractivity contribution in [3.8, 4) is 0 Å². The smallest absolute Gasteiger partial charge is 0.231 e. The van der Waals surface area contributed by atoms with Crippen LogP contribution in [0.15, 0.2) is 24.3 Å². The molecule has 0 aliphatic carbocycles. The molecular weight excluding hydrogens is 236 g/mol. The molecule has 0 aromatic heterocycles. The van der Waals surface area contributed by atoms with Crippen LogP contribution in [0.25, 0.3) is 0 Å². The van der Waals surface area contributed by atoms with E-state index < -0.39 is 0 Å². The molecule has 1 aromatic rings. The van der Waals surface area contributed by atoms with E-state index in [0.29, 0.717) is 0 Å². The van der Waals surface area contributed by atoms with Crippen LogP contribution in [-0.2, 0) is 11.2 Å². The van der Waals surface area contributed by atoms with Crippen molar-refractivity contribution < 1.29 is 4.79 Å². The first-order valence-corrected chi connectivity index (χ1v) is 7.29. The third-order valence-electron chi connectivity index (χ3n) is 3.88. The third-order valence-corrected chi connectivity index (χ3v) is 3.88. The molecule has 2 rings (SSSR count). The number of aryl methyl sites for hydroxylation is 1. The number of nitrogens with zero attached hydrogens (tertiary/aromatic N) is 1. The van der Waals surface area contributed by atoms with E-state index in [-0.39, 0.29) is 11.8 Å². The summed E-state index contributed by atoms with van der Waals surface area (Å²) in [6.45, 7) is 3.98. The van der Waals surface area contributed by atoms with Crippen molar-refractivity contribution in [2.45, 2.75) is 32.6 Å². The molecule has 1 fully saturated rings. The Balaban J connectivity index is 1.98. The molecule has 1 saturated heterocycles. The van der Waals surface area contributed by atoms with Crippen molar-refractivity contribution in [2.75, 3.05) is 25.0 Å². The lowest BCUT2D eigenvalue weighted by atomic mass is 10.1. The zero-order valence-corrected chi connectivity index (χ0v) is 12.0. The Labute approximate surface area is 116 Å². The fourth-order valence-corrected chi connectivity index (χ4v) is 2.53. The summed E-state index contributed by atoms with van der Waals surface area (Å²) in [7, 11) is 1.88. The van der Waals surface area contributed by atoms with E-state index in [1.54, 1.807) is 4.90 Å². The van der Waals surface area contributed by atoms with Crippen LogP contribution in [0.2, 0.25) is 0 Å². The minimum atomic E-state index is 0.143. The van der Waals surface area contributed by atoms with Crippen LogP contribution in [0.4, 0.5) is 5.69 Å². The zero-order chi connectivity index (χ0) is 13.7. The van der Waals surface area contributed by atoms with E-state index in [9.17, 15) is 4.79 Å². The first-order valence-electron chi connectivity index (χ1n) is 7.29. The molecule has 1 N–H and O–H groups in total. The Bertz CT molecular complexity index is 407. The number of anilines is 1. The molecular formula is C16H24N2O. The van der Waals surface area contributed by atoms with Crippen molar-refractivity contribution in [2.24, 2.45) is 5.92 Å². The molecule has 1 aromatic carbocycles. The molecule has 1 heterocycles. The van der Waals surface area contributed by atoms with Gasteiger partial charge in [-0.25, -0.2) is 0 Å². The van der Waals surface area contributed by atoms with Crippen LogP contribution < -0.4 is 10.2 Å². The van der Waals surface area contributed by atoms with Gasteiger partial charge in [0.15, 0.2) is 0 Å². The molecule has 1 unspecified atom stereocenters. The van der Waals surface area contributed by atoms with Crippen molar-refractivity contribution in [3.63, 3.8) is 0 Å². The van der Waals surface area contributed by atoms with Gasteiger partial charge in [-0.2, -0.15) is 0 Å². The first-order chi connectivity index (χ1) is 9.22. The standard InChI is InChI=1S/C16H24N2O/c1-3-4-5-13-6-8-15(9-7-13)18(2)16(19)14-10-11-17-12-14/h6-9,14,17H,3-5,10-12H2,1-2H3. The molecule has 1 atom stereocenters. The van der Waals surface area contributed by atoms with E-state index >= 15 is 0 Å². The summed E-state index contributed by atoms with van der Waals surface area (Å²) in [4.78, 5) is 14.1. The van der Waals surface area contributed by atoms with Gasteiger partial charge in [0.1, 0.15) is 0 Å². The fourth-order valence-electron chi connectivity index (χ4n) is 2.53. The third kappa shape index (κ3) is 3.57. The zero-order valence-electron chi connectivity index (χ0n) is 12.0. The monoisotopic (exact) mass is 260 g/mol. The van der Waals surface area contributed by atoms with Crippen molar-refractivity contribution in [1.82, 2.24) is 5.32 Å². The minimum Gasteiger partial charge on any atom is -0.316 e. The largest absolute Gasteiger partial charge is 0.316 e. The van der Waals surface area contributed by atoms with Gasteiger partial charge >= 0.3 is 0 Å². The maximum atomic E-state index is 12.3. The average molecular weight is 260 g/mol. The average Bonchev–Trinajstić information content (AvgIpc) is 2.98. The second-order valence-electron chi connectivity index (χ2n) is 5.36. The lowest BCUT2D eigenvalue weighted by Crippen LogP contribution is -2.33. The van der Waals surface area contributed by atoms with E-state index in [1.807, 2.05) is 7.05 Å². The Hall–Kier alpha value is -1.35. The van der Waals surface area contributed by atoms with Gasteiger partial charge in [0.25, 0.3) is 0 Å². The van der Waals surface area contributed by atoms with Crippen LogP contribution in [0.5, 0.6) is 0 Å². The lowest BCUT2D eigenvalue weighted by Gasteiger charge is -2.21. The van der Waals surface area contributed by atoms with E-state index in [0.717, 1.165) is 31.6 Å².